The summed E-state index contributed by atoms with van der Waals surface area (Å²) in [5.74, 6) is -0.183. The number of aromatic nitrogens is 4. The first-order valence-electron chi connectivity index (χ1n) is 9.76. The Morgan fingerprint density at radius 3 is 2.67 bits per heavy atom. The minimum absolute atomic E-state index is 0.225. The number of alkyl halides is 2. The van der Waals surface area contributed by atoms with Gasteiger partial charge >= 0.3 is 0 Å². The summed E-state index contributed by atoms with van der Waals surface area (Å²) >= 11 is 6.04. The number of rotatable bonds is 7. The third-order valence-electron chi connectivity index (χ3n) is 5.21. The molecule has 2 aromatic heterocycles. The van der Waals surface area contributed by atoms with Crippen LogP contribution in [0.4, 0.5) is 14.5 Å². The Labute approximate surface area is 177 Å². The highest BCUT2D eigenvalue weighted by Gasteiger charge is 2.29. The molecule has 1 fully saturated rings. The third kappa shape index (κ3) is 4.38. The standard InChI is InChI=1S/C21H22ClF2N5O/c1-12-20(13(2)28(26-12)10-14-4-3-5-16(22)8-14)25-19(30)11-29-18(21(23)24)9-17(27-29)15-6-7-15/h3-5,8-9,15,21H,6-7,10-11H2,1-2H3,(H,25,30). The first-order valence-corrected chi connectivity index (χ1v) is 10.1. The van der Waals surface area contributed by atoms with E-state index < -0.39 is 12.3 Å². The molecule has 9 heteroatoms. The van der Waals surface area contributed by atoms with Gasteiger partial charge in [0.15, 0.2) is 0 Å². The van der Waals surface area contributed by atoms with E-state index in [1.807, 2.05) is 25.1 Å². The van der Waals surface area contributed by atoms with E-state index in [1.54, 1.807) is 17.7 Å². The van der Waals surface area contributed by atoms with Gasteiger partial charge in [-0.15, -0.1) is 0 Å². The van der Waals surface area contributed by atoms with Crippen molar-refractivity contribution < 1.29 is 13.6 Å². The molecular weight excluding hydrogens is 412 g/mol. The lowest BCUT2D eigenvalue weighted by atomic mass is 10.2. The zero-order chi connectivity index (χ0) is 21.4. The maximum Gasteiger partial charge on any atom is 0.280 e. The zero-order valence-electron chi connectivity index (χ0n) is 16.7. The molecule has 158 valence electrons. The minimum Gasteiger partial charge on any atom is -0.321 e. The molecule has 0 spiro atoms. The van der Waals surface area contributed by atoms with Gasteiger partial charge in [0, 0.05) is 10.9 Å². The van der Waals surface area contributed by atoms with Crippen molar-refractivity contribution in [2.45, 2.75) is 52.1 Å². The Morgan fingerprint density at radius 1 is 1.23 bits per heavy atom. The highest BCUT2D eigenvalue weighted by Crippen LogP contribution is 2.40. The molecular formula is C21H22ClF2N5O. The van der Waals surface area contributed by atoms with E-state index in [-0.39, 0.29) is 18.2 Å². The summed E-state index contributed by atoms with van der Waals surface area (Å²) in [6.07, 6.45) is -0.770. The zero-order valence-corrected chi connectivity index (χ0v) is 17.5. The second kappa shape index (κ2) is 8.18. The Hall–Kier alpha value is -2.74. The summed E-state index contributed by atoms with van der Waals surface area (Å²) in [4.78, 5) is 12.6. The smallest absolute Gasteiger partial charge is 0.280 e. The second-order valence-electron chi connectivity index (χ2n) is 7.61. The van der Waals surface area contributed by atoms with Crippen LogP contribution >= 0.6 is 11.6 Å². The first kappa shape index (κ1) is 20.5. The number of anilines is 1. The van der Waals surface area contributed by atoms with E-state index in [4.69, 9.17) is 11.6 Å². The Kier molecular flexibility index (Phi) is 5.60. The van der Waals surface area contributed by atoms with Gasteiger partial charge in [0.1, 0.15) is 12.2 Å². The molecule has 6 nitrogen and oxygen atoms in total. The third-order valence-corrected chi connectivity index (χ3v) is 5.44. The molecule has 1 amide bonds. The lowest BCUT2D eigenvalue weighted by molar-refractivity contribution is -0.117. The van der Waals surface area contributed by atoms with Crippen LogP contribution < -0.4 is 5.32 Å². The SMILES string of the molecule is Cc1nn(Cc2cccc(Cl)c2)c(C)c1NC(=O)Cn1nc(C2CC2)cc1C(F)F. The van der Waals surface area contributed by atoms with Crippen LogP contribution in [0.5, 0.6) is 0 Å². The number of nitrogens with one attached hydrogen (secondary N) is 1. The van der Waals surface area contributed by atoms with Gasteiger partial charge in [-0.05, 0) is 50.5 Å². The molecule has 1 aromatic carbocycles. The summed E-state index contributed by atoms with van der Waals surface area (Å²) < 4.78 is 29.6. The van der Waals surface area contributed by atoms with E-state index >= 15 is 0 Å². The predicted molar refractivity (Wildman–Crippen MR) is 110 cm³/mol. The molecule has 1 N–H and O–H groups in total. The van der Waals surface area contributed by atoms with Gasteiger partial charge in [0.05, 0.1) is 29.3 Å². The molecule has 0 unspecified atom stereocenters. The Morgan fingerprint density at radius 2 is 2.00 bits per heavy atom. The number of amides is 1. The van der Waals surface area contributed by atoms with Crippen molar-refractivity contribution in [2.75, 3.05) is 5.32 Å². The fraction of sp³-hybridized carbons (Fsp3) is 0.381. The summed E-state index contributed by atoms with van der Waals surface area (Å²) in [7, 11) is 0. The van der Waals surface area contributed by atoms with E-state index in [0.29, 0.717) is 28.6 Å². The maximum absolute atomic E-state index is 13.4. The molecule has 0 bridgehead atoms. The molecule has 4 rings (SSSR count). The van der Waals surface area contributed by atoms with Crippen molar-refractivity contribution in [2.24, 2.45) is 0 Å². The average molecular weight is 434 g/mol. The van der Waals surface area contributed by atoms with Gasteiger partial charge in [-0.1, -0.05) is 23.7 Å². The monoisotopic (exact) mass is 433 g/mol. The number of hydrogen-bond acceptors (Lipinski definition) is 3. The van der Waals surface area contributed by atoms with Crippen molar-refractivity contribution in [1.29, 1.82) is 0 Å². The lowest BCUT2D eigenvalue weighted by Crippen LogP contribution is -2.21. The van der Waals surface area contributed by atoms with Crippen molar-refractivity contribution in [3.8, 4) is 0 Å². The van der Waals surface area contributed by atoms with Crippen LogP contribution in [0.1, 0.15) is 53.5 Å². The average Bonchev–Trinajstić information content (AvgIpc) is 3.40. The fourth-order valence-corrected chi connectivity index (χ4v) is 3.70. The molecule has 0 atom stereocenters. The van der Waals surface area contributed by atoms with Gasteiger partial charge in [-0.25, -0.2) is 8.78 Å². The number of nitrogens with zero attached hydrogens (tertiary/aromatic N) is 4. The molecule has 3 aromatic rings. The van der Waals surface area contributed by atoms with Gasteiger partial charge in [-0.2, -0.15) is 10.2 Å². The van der Waals surface area contributed by atoms with Crippen molar-refractivity contribution >= 4 is 23.2 Å². The number of carbonyl (C=O) groups is 1. The summed E-state index contributed by atoms with van der Waals surface area (Å²) in [5.41, 5.74) is 3.40. The van der Waals surface area contributed by atoms with Gasteiger partial charge in [-0.3, -0.25) is 14.2 Å². The molecule has 1 aliphatic rings. The molecule has 0 radical (unpaired) electrons. The van der Waals surface area contributed by atoms with Crippen molar-refractivity contribution in [3.63, 3.8) is 0 Å². The van der Waals surface area contributed by atoms with Crippen LogP contribution in [0.2, 0.25) is 5.02 Å². The summed E-state index contributed by atoms with van der Waals surface area (Å²) in [6.45, 7) is 3.87. The van der Waals surface area contributed by atoms with Crippen LogP contribution in [0, 0.1) is 13.8 Å². The molecule has 30 heavy (non-hydrogen) atoms. The molecule has 2 heterocycles. The highest BCUT2D eigenvalue weighted by atomic mass is 35.5. The van der Waals surface area contributed by atoms with Crippen molar-refractivity contribution in [3.05, 3.63) is 63.7 Å². The predicted octanol–water partition coefficient (Wildman–Crippen LogP) is 4.85. The van der Waals surface area contributed by atoms with E-state index in [9.17, 15) is 13.6 Å². The summed E-state index contributed by atoms with van der Waals surface area (Å²) in [5, 5.41) is 12.2. The first-order chi connectivity index (χ1) is 14.3. The molecule has 0 saturated heterocycles. The number of halogens is 3. The molecule has 1 aliphatic carbocycles. The maximum atomic E-state index is 13.4. The minimum atomic E-state index is -2.68. The quantitative estimate of drug-likeness (QED) is 0.579. The number of hydrogen-bond donors (Lipinski definition) is 1. The molecule has 0 aliphatic heterocycles. The van der Waals surface area contributed by atoms with E-state index in [2.05, 4.69) is 15.5 Å². The summed E-state index contributed by atoms with van der Waals surface area (Å²) in [6, 6.07) is 8.89. The van der Waals surface area contributed by atoms with E-state index in [0.717, 1.165) is 28.8 Å². The van der Waals surface area contributed by atoms with Gasteiger partial charge in [0.2, 0.25) is 5.91 Å². The van der Waals surface area contributed by atoms with Crippen LogP contribution in [0.15, 0.2) is 30.3 Å². The number of aryl methyl sites for hydroxylation is 1. The fourth-order valence-electron chi connectivity index (χ4n) is 3.49. The molecule has 1 saturated carbocycles. The number of benzene rings is 1. The largest absolute Gasteiger partial charge is 0.321 e. The van der Waals surface area contributed by atoms with Crippen molar-refractivity contribution in [1.82, 2.24) is 19.6 Å². The van der Waals surface area contributed by atoms with Crippen LogP contribution in [0.25, 0.3) is 0 Å². The lowest BCUT2D eigenvalue weighted by Gasteiger charge is -2.09. The van der Waals surface area contributed by atoms with Crippen LogP contribution in [-0.2, 0) is 17.9 Å². The second-order valence-corrected chi connectivity index (χ2v) is 8.04. The van der Waals surface area contributed by atoms with Gasteiger partial charge in [0.25, 0.3) is 6.43 Å². The van der Waals surface area contributed by atoms with Crippen LogP contribution in [0.3, 0.4) is 0 Å². The number of carbonyl (C=O) groups excluding carboxylic acids is 1. The van der Waals surface area contributed by atoms with Gasteiger partial charge < -0.3 is 5.32 Å². The van der Waals surface area contributed by atoms with E-state index in [1.165, 1.54) is 6.07 Å². The Balaban J connectivity index is 1.49. The van der Waals surface area contributed by atoms with Crippen LogP contribution in [-0.4, -0.2) is 25.5 Å². The topological polar surface area (TPSA) is 64.7 Å². The normalized spacial score (nSPS) is 13.8. The highest BCUT2D eigenvalue weighted by molar-refractivity contribution is 6.30. The Bertz CT molecular complexity index is 1090.